The molecule has 2 atom stereocenters. The Hall–Kier alpha value is -1.45. The van der Waals surface area contributed by atoms with Gasteiger partial charge in [0.05, 0.1) is 6.07 Å². The lowest BCUT2D eigenvalue weighted by Crippen LogP contribution is -2.34. The standard InChI is InChI=1S/C11H15N3O2S/c1-3-11(7-12)17(15,16)14-9(2)10-5-4-6-13-8-10/h4-6,8-9,11,14H,3H2,1-2H3. The first-order valence-corrected chi connectivity index (χ1v) is 6.86. The molecule has 0 spiro atoms. The van der Waals surface area contributed by atoms with Gasteiger partial charge < -0.3 is 0 Å². The van der Waals surface area contributed by atoms with E-state index in [2.05, 4.69) is 9.71 Å². The summed E-state index contributed by atoms with van der Waals surface area (Å²) in [6, 6.07) is 4.91. The first-order chi connectivity index (χ1) is 8.01. The van der Waals surface area contributed by atoms with Crippen molar-refractivity contribution in [3.63, 3.8) is 0 Å². The number of nitrogens with one attached hydrogen (secondary N) is 1. The maximum atomic E-state index is 11.8. The molecular formula is C11H15N3O2S. The van der Waals surface area contributed by atoms with Crippen LogP contribution in [0.1, 0.15) is 31.9 Å². The van der Waals surface area contributed by atoms with Crippen molar-refractivity contribution >= 4 is 10.0 Å². The molecule has 0 aliphatic heterocycles. The Morgan fingerprint density at radius 2 is 2.29 bits per heavy atom. The van der Waals surface area contributed by atoms with Gasteiger partial charge in [0.2, 0.25) is 10.0 Å². The van der Waals surface area contributed by atoms with Crippen molar-refractivity contribution < 1.29 is 8.42 Å². The minimum absolute atomic E-state index is 0.269. The molecule has 6 heteroatoms. The lowest BCUT2D eigenvalue weighted by atomic mass is 10.2. The van der Waals surface area contributed by atoms with Crippen molar-refractivity contribution in [1.29, 1.82) is 5.26 Å². The van der Waals surface area contributed by atoms with E-state index in [0.29, 0.717) is 0 Å². The zero-order chi connectivity index (χ0) is 12.9. The fraction of sp³-hybridized carbons (Fsp3) is 0.455. The molecule has 0 aromatic carbocycles. The molecule has 1 aromatic heterocycles. The molecule has 1 rings (SSSR count). The summed E-state index contributed by atoms with van der Waals surface area (Å²) >= 11 is 0. The Morgan fingerprint density at radius 1 is 1.59 bits per heavy atom. The van der Waals surface area contributed by atoms with Crippen molar-refractivity contribution in [3.05, 3.63) is 30.1 Å². The minimum atomic E-state index is -3.61. The fourth-order valence-electron chi connectivity index (χ4n) is 1.41. The molecule has 0 fully saturated rings. The Balaban J connectivity index is 2.83. The molecule has 0 aliphatic carbocycles. The van der Waals surface area contributed by atoms with E-state index in [9.17, 15) is 8.42 Å². The van der Waals surface area contributed by atoms with Gasteiger partial charge in [0, 0.05) is 18.4 Å². The molecule has 5 nitrogen and oxygen atoms in total. The predicted octanol–water partition coefficient (Wildman–Crippen LogP) is 1.36. The Kier molecular flexibility index (Phi) is 4.61. The van der Waals surface area contributed by atoms with Crippen LogP contribution in [0.15, 0.2) is 24.5 Å². The molecule has 0 saturated carbocycles. The Morgan fingerprint density at radius 3 is 2.76 bits per heavy atom. The van der Waals surface area contributed by atoms with Crippen molar-refractivity contribution in [3.8, 4) is 6.07 Å². The van der Waals surface area contributed by atoms with Crippen LogP contribution in [0, 0.1) is 11.3 Å². The summed E-state index contributed by atoms with van der Waals surface area (Å²) in [5.41, 5.74) is 0.767. The van der Waals surface area contributed by atoms with Gasteiger partial charge in [0.25, 0.3) is 0 Å². The van der Waals surface area contributed by atoms with E-state index in [-0.39, 0.29) is 6.42 Å². The Labute approximate surface area is 102 Å². The van der Waals surface area contributed by atoms with E-state index < -0.39 is 21.3 Å². The topological polar surface area (TPSA) is 82.8 Å². The van der Waals surface area contributed by atoms with Gasteiger partial charge in [-0.25, -0.2) is 13.1 Å². The van der Waals surface area contributed by atoms with Crippen LogP contribution >= 0.6 is 0 Å². The number of pyridine rings is 1. The summed E-state index contributed by atoms with van der Waals surface area (Å²) in [6.07, 6.45) is 3.49. The van der Waals surface area contributed by atoms with Crippen LogP contribution < -0.4 is 4.72 Å². The molecule has 0 radical (unpaired) electrons. The third-order valence-electron chi connectivity index (χ3n) is 2.41. The average molecular weight is 253 g/mol. The van der Waals surface area contributed by atoms with Crippen LogP contribution in [0.4, 0.5) is 0 Å². The van der Waals surface area contributed by atoms with Gasteiger partial charge in [-0.1, -0.05) is 13.0 Å². The van der Waals surface area contributed by atoms with Crippen LogP contribution in [0.3, 0.4) is 0 Å². The third-order valence-corrected chi connectivity index (χ3v) is 4.28. The van der Waals surface area contributed by atoms with Crippen LogP contribution in [0.5, 0.6) is 0 Å². The summed E-state index contributed by atoms with van der Waals surface area (Å²) in [7, 11) is -3.61. The second-order valence-corrected chi connectivity index (χ2v) is 5.59. The van der Waals surface area contributed by atoms with Crippen molar-refractivity contribution in [2.24, 2.45) is 0 Å². The lowest BCUT2D eigenvalue weighted by Gasteiger charge is -2.16. The van der Waals surface area contributed by atoms with E-state index in [1.165, 1.54) is 0 Å². The zero-order valence-corrected chi connectivity index (χ0v) is 10.6. The van der Waals surface area contributed by atoms with E-state index in [0.717, 1.165) is 5.56 Å². The van der Waals surface area contributed by atoms with Crippen LogP contribution in [-0.2, 0) is 10.0 Å². The fourth-order valence-corrected chi connectivity index (χ4v) is 2.78. The number of hydrogen-bond donors (Lipinski definition) is 1. The molecule has 1 N–H and O–H groups in total. The normalized spacial score (nSPS) is 14.9. The summed E-state index contributed by atoms with van der Waals surface area (Å²) in [6.45, 7) is 3.39. The molecule has 17 heavy (non-hydrogen) atoms. The van der Waals surface area contributed by atoms with Crippen molar-refractivity contribution in [1.82, 2.24) is 9.71 Å². The smallest absolute Gasteiger partial charge is 0.228 e. The van der Waals surface area contributed by atoms with Crippen molar-refractivity contribution in [2.75, 3.05) is 0 Å². The molecule has 92 valence electrons. The summed E-state index contributed by atoms with van der Waals surface area (Å²) in [5.74, 6) is 0. The summed E-state index contributed by atoms with van der Waals surface area (Å²) < 4.78 is 26.1. The number of nitrogens with zero attached hydrogens (tertiary/aromatic N) is 2. The lowest BCUT2D eigenvalue weighted by molar-refractivity contribution is 0.558. The second kappa shape index (κ2) is 5.75. The summed E-state index contributed by atoms with van der Waals surface area (Å²) in [5, 5.41) is 7.75. The van der Waals surface area contributed by atoms with E-state index in [1.54, 1.807) is 44.4 Å². The highest BCUT2D eigenvalue weighted by Crippen LogP contribution is 2.14. The third kappa shape index (κ3) is 3.51. The molecule has 0 saturated heterocycles. The minimum Gasteiger partial charge on any atom is -0.264 e. The van der Waals surface area contributed by atoms with Gasteiger partial charge in [-0.15, -0.1) is 0 Å². The van der Waals surface area contributed by atoms with Gasteiger partial charge in [0.1, 0.15) is 0 Å². The van der Waals surface area contributed by atoms with Gasteiger partial charge in [-0.2, -0.15) is 5.26 Å². The van der Waals surface area contributed by atoms with Crippen LogP contribution in [-0.4, -0.2) is 18.7 Å². The van der Waals surface area contributed by atoms with Crippen molar-refractivity contribution in [2.45, 2.75) is 31.6 Å². The Bertz CT molecular complexity index is 493. The monoisotopic (exact) mass is 253 g/mol. The maximum absolute atomic E-state index is 11.8. The second-order valence-electron chi connectivity index (χ2n) is 3.70. The predicted molar refractivity (Wildman–Crippen MR) is 64.4 cm³/mol. The van der Waals surface area contributed by atoms with E-state index in [4.69, 9.17) is 5.26 Å². The quantitative estimate of drug-likeness (QED) is 0.859. The molecule has 0 aliphatic rings. The molecule has 0 bridgehead atoms. The van der Waals surface area contributed by atoms with E-state index in [1.807, 2.05) is 0 Å². The number of hydrogen-bond acceptors (Lipinski definition) is 4. The van der Waals surface area contributed by atoms with Gasteiger partial charge >= 0.3 is 0 Å². The average Bonchev–Trinajstić information content (AvgIpc) is 2.30. The van der Waals surface area contributed by atoms with Crippen LogP contribution in [0.25, 0.3) is 0 Å². The first-order valence-electron chi connectivity index (χ1n) is 5.32. The highest BCUT2D eigenvalue weighted by molar-refractivity contribution is 7.90. The number of sulfonamides is 1. The highest BCUT2D eigenvalue weighted by atomic mass is 32.2. The van der Waals surface area contributed by atoms with Gasteiger partial charge in [-0.3, -0.25) is 4.98 Å². The van der Waals surface area contributed by atoms with E-state index >= 15 is 0 Å². The molecule has 2 unspecified atom stereocenters. The SMILES string of the molecule is CCC(C#N)S(=O)(=O)NC(C)c1cccnc1. The number of rotatable bonds is 5. The maximum Gasteiger partial charge on any atom is 0.228 e. The van der Waals surface area contributed by atoms with Gasteiger partial charge in [-0.05, 0) is 25.0 Å². The molecular weight excluding hydrogens is 238 g/mol. The first kappa shape index (κ1) is 13.6. The van der Waals surface area contributed by atoms with Crippen LogP contribution in [0.2, 0.25) is 0 Å². The molecule has 0 amide bonds. The zero-order valence-electron chi connectivity index (χ0n) is 9.79. The number of aromatic nitrogens is 1. The molecule has 1 aromatic rings. The highest BCUT2D eigenvalue weighted by Gasteiger charge is 2.25. The largest absolute Gasteiger partial charge is 0.264 e. The number of nitriles is 1. The summed E-state index contributed by atoms with van der Waals surface area (Å²) in [4.78, 5) is 3.92. The molecule has 1 heterocycles. The van der Waals surface area contributed by atoms with Gasteiger partial charge in [0.15, 0.2) is 5.25 Å².